The van der Waals surface area contributed by atoms with E-state index in [1.54, 1.807) is 63.9 Å². The fourth-order valence-electron chi connectivity index (χ4n) is 14.3. The summed E-state index contributed by atoms with van der Waals surface area (Å²) in [5.74, 6) is -2.93. The number of methoxy groups -OCH3 is 3. The molecule has 0 saturated heterocycles. The number of rotatable bonds is 42. The molecule has 0 aliphatic heterocycles. The third-order valence-electron chi connectivity index (χ3n) is 21.4. The molecule has 8 N–H and O–H groups in total. The number of aryl methyl sites for hydroxylation is 9. The maximum Gasteiger partial charge on any atom is 0.488 e. The third-order valence-corrected chi connectivity index (χ3v) is 22.3. The number of aromatic nitrogens is 6. The monoisotopic (exact) mass is 1740 g/mol. The molecular formula is C91H125BBr2FN11O11. The van der Waals surface area contributed by atoms with Gasteiger partial charge in [-0.05, 0) is 309 Å². The van der Waals surface area contributed by atoms with Crippen LogP contribution in [0.15, 0.2) is 161 Å². The second kappa shape index (κ2) is 54.3. The average molecular weight is 1740 g/mol. The lowest BCUT2D eigenvalue weighted by molar-refractivity contribution is -0.142. The van der Waals surface area contributed by atoms with E-state index in [2.05, 4.69) is 122 Å². The highest BCUT2D eigenvalue weighted by atomic mass is 79.9. The number of carboxylic acid groups (broad SMARTS) is 3. The van der Waals surface area contributed by atoms with E-state index in [-0.39, 0.29) is 18.3 Å². The van der Waals surface area contributed by atoms with Gasteiger partial charge >= 0.3 is 25.0 Å². The molecule has 11 rings (SSSR count). The zero-order valence-corrected chi connectivity index (χ0v) is 72.6. The van der Waals surface area contributed by atoms with Gasteiger partial charge in [0.05, 0.1) is 24.2 Å². The van der Waals surface area contributed by atoms with Gasteiger partial charge in [0.1, 0.15) is 17.9 Å². The molecule has 22 nitrogen and oxygen atoms in total. The molecule has 2 aromatic carbocycles. The quantitative estimate of drug-likeness (QED) is 0.0106. The van der Waals surface area contributed by atoms with Crippen molar-refractivity contribution in [1.29, 1.82) is 0 Å². The highest BCUT2D eigenvalue weighted by Crippen LogP contribution is 2.26. The van der Waals surface area contributed by atoms with Crippen LogP contribution in [0.5, 0.6) is 0 Å². The van der Waals surface area contributed by atoms with Crippen molar-refractivity contribution < 1.29 is 58.4 Å². The Morgan fingerprint density at radius 3 is 1.27 bits per heavy atom. The zero-order chi connectivity index (χ0) is 84.1. The number of hydrogen-bond donors (Lipinski definition) is 7. The molecule has 0 fully saturated rings. The Balaban J connectivity index is 0.000000221. The molecule has 0 spiro atoms. The number of fused-ring (bicyclic) bond motifs is 3. The summed E-state index contributed by atoms with van der Waals surface area (Å²) in [6.07, 6.45) is 31.0. The molecule has 0 saturated carbocycles. The van der Waals surface area contributed by atoms with Crippen molar-refractivity contribution in [3.63, 3.8) is 0 Å². The Morgan fingerprint density at radius 2 is 0.897 bits per heavy atom. The van der Waals surface area contributed by atoms with Gasteiger partial charge in [-0.1, -0.05) is 84.9 Å². The number of nitrogens with two attached hydrogens (primary N) is 1. The summed E-state index contributed by atoms with van der Waals surface area (Å²) in [7, 11) is 3.81. The van der Waals surface area contributed by atoms with Gasteiger partial charge in [-0.2, -0.15) is 4.39 Å². The number of halogens is 3. The van der Waals surface area contributed by atoms with Gasteiger partial charge in [0.2, 0.25) is 5.95 Å². The SMILES string of the molecule is CO[C@H](C)CN(CCCCc1ccc2c(n1)CCCC2)CC[C@H](Cc1ccc(-c2ccccc2)cn1)C(=O)O.CO[C@H](C)CN(CCCCc1ccc2c(n1)CCCC2)CC[C@H](N)C(=O)O.CO[C@H](C)CN(CCCCc1ccc2c(n1)CCCC2)CC[C@H](Nc1ccc(Br)cn1)C(=O)O.Fc1ccc(Br)cn1.OB(O)c1ccccc1. The van der Waals surface area contributed by atoms with Crippen LogP contribution >= 0.6 is 31.9 Å². The minimum Gasteiger partial charge on any atom is -0.481 e. The van der Waals surface area contributed by atoms with Gasteiger partial charge in [-0.3, -0.25) is 29.5 Å². The van der Waals surface area contributed by atoms with E-state index in [1.165, 1.54) is 121 Å². The molecule has 3 aliphatic rings. The van der Waals surface area contributed by atoms with Crippen LogP contribution in [0.25, 0.3) is 11.1 Å². The smallest absolute Gasteiger partial charge is 0.481 e. The first-order valence-electron chi connectivity index (χ1n) is 41.7. The number of anilines is 1. The fraction of sp³-hybridized carbons (Fsp3) is 0.505. The summed E-state index contributed by atoms with van der Waals surface area (Å²) in [6, 6.07) is 41.1. The lowest BCUT2D eigenvalue weighted by Crippen LogP contribution is -2.38. The summed E-state index contributed by atoms with van der Waals surface area (Å²) in [4.78, 5) is 68.7. The van der Waals surface area contributed by atoms with E-state index in [0.29, 0.717) is 50.1 Å². The molecule has 6 aromatic heterocycles. The first-order chi connectivity index (χ1) is 56.5. The van der Waals surface area contributed by atoms with Crippen LogP contribution in [-0.4, -0.2) is 206 Å². The van der Waals surface area contributed by atoms with E-state index in [9.17, 15) is 29.0 Å². The highest BCUT2D eigenvalue weighted by Gasteiger charge is 2.24. The average Bonchev–Trinajstić information content (AvgIpc) is 0.868. The molecule has 0 unspecified atom stereocenters. The summed E-state index contributed by atoms with van der Waals surface area (Å²) >= 11 is 6.47. The van der Waals surface area contributed by atoms with Gasteiger partial charge in [-0.25, -0.2) is 14.8 Å². The van der Waals surface area contributed by atoms with Crippen molar-refractivity contribution in [3.8, 4) is 11.1 Å². The van der Waals surface area contributed by atoms with E-state index in [0.717, 1.165) is 149 Å². The Labute approximate surface area is 710 Å². The normalized spacial score (nSPS) is 14.3. The molecule has 0 radical (unpaired) electrons. The second-order valence-electron chi connectivity index (χ2n) is 30.7. The number of pyridine rings is 6. The summed E-state index contributed by atoms with van der Waals surface area (Å²) < 4.78 is 30.0. The number of nitrogens with zero attached hydrogens (tertiary/aromatic N) is 9. The zero-order valence-electron chi connectivity index (χ0n) is 69.4. The predicted octanol–water partition coefficient (Wildman–Crippen LogP) is 14.5. The third kappa shape index (κ3) is 37.5. The number of carbonyl (C=O) groups is 3. The summed E-state index contributed by atoms with van der Waals surface area (Å²) in [5.41, 5.74) is 20.9. The van der Waals surface area contributed by atoms with Crippen molar-refractivity contribution in [2.75, 3.05) is 85.5 Å². The number of unbranched alkanes of at least 4 members (excludes halogenated alkanes) is 3. The molecule has 117 heavy (non-hydrogen) atoms. The van der Waals surface area contributed by atoms with E-state index < -0.39 is 49.0 Å². The van der Waals surface area contributed by atoms with Crippen molar-refractivity contribution in [2.24, 2.45) is 11.7 Å². The molecule has 6 atom stereocenters. The number of aliphatic carboxylic acids is 3. The Bertz CT molecular complexity index is 4120. The number of ether oxygens (including phenoxy) is 3. The van der Waals surface area contributed by atoms with Crippen LogP contribution in [-0.2, 0) is 92.8 Å². The molecule has 6 heterocycles. The van der Waals surface area contributed by atoms with Gasteiger partial charge < -0.3 is 65.3 Å². The number of nitrogens with one attached hydrogen (secondary N) is 1. The molecule has 0 amide bonds. The Kier molecular flexibility index (Phi) is 44.7. The Morgan fingerprint density at radius 1 is 0.470 bits per heavy atom. The van der Waals surface area contributed by atoms with Crippen LogP contribution < -0.4 is 16.5 Å². The van der Waals surface area contributed by atoms with Gasteiger partial charge in [-0.15, -0.1) is 0 Å². The summed E-state index contributed by atoms with van der Waals surface area (Å²) in [6.45, 7) is 13.3. The maximum absolute atomic E-state index is 12.1. The molecule has 26 heteroatoms. The van der Waals surface area contributed by atoms with Crippen molar-refractivity contribution in [3.05, 3.63) is 223 Å². The van der Waals surface area contributed by atoms with E-state index >= 15 is 0 Å². The standard InChI is InChI=1S/C33H43N3O3.C26H37BrN4O3.C21H35N3O3.C6H7BO2.C5H3BrFN/c1-25(39-2)24-36(20-9-8-13-30-17-15-27-12-6-7-14-32(27)35-30)21-19-28(33(37)38)22-31-18-16-29(23-34-31)26-10-4-3-5-11-26;1-19(34-2)18-31(16-14-24(26(32)33)30-25-13-11-21(27)17-28-25)15-6-5-8-22-12-10-20-7-3-4-9-23(20)29-22;1-16(27-2)15-24(14-12-19(22)21(25)26)13-6-5-8-18-11-10-17-7-3-4-9-20(17)23-18;8-7(9)6-4-2-1-3-5-6;6-4-1-2-5(7)8-3-4/h3-5,10-11,15-18,23,25,28H,6-9,12-14,19-22,24H2,1-2H3,(H,37,38);10-13,17,19,24H,3-9,14-16,18H2,1-2H3,(H,28,30)(H,32,33);10-11,16,19H,3-9,12-15,22H2,1-2H3,(H,25,26);1-5,8-9H;1-3H/t25-,28-;19-,24+;16-,19+;;/m111../s1. The topological polar surface area (TPSA) is 305 Å². The lowest BCUT2D eigenvalue weighted by Gasteiger charge is -2.26. The molecule has 634 valence electrons. The Hall–Kier alpha value is -7.86. The second-order valence-corrected chi connectivity index (χ2v) is 32.5. The van der Waals surface area contributed by atoms with E-state index in [4.69, 9.17) is 50.1 Å². The minimum absolute atomic E-state index is 0.0895. The van der Waals surface area contributed by atoms with Crippen molar-refractivity contribution in [1.82, 2.24) is 44.6 Å². The number of carboxylic acids is 3. The van der Waals surface area contributed by atoms with Crippen LogP contribution in [0.1, 0.15) is 174 Å². The molecule has 0 bridgehead atoms. The van der Waals surface area contributed by atoms with Gasteiger partial charge in [0.25, 0.3) is 0 Å². The lowest BCUT2D eigenvalue weighted by atomic mass is 9.81. The largest absolute Gasteiger partial charge is 0.488 e. The number of benzene rings is 2. The van der Waals surface area contributed by atoms with Crippen molar-refractivity contribution >= 4 is 68.2 Å². The number of hydrogen-bond acceptors (Lipinski definition) is 19. The van der Waals surface area contributed by atoms with Gasteiger partial charge in [0, 0.05) is 133 Å². The van der Waals surface area contributed by atoms with Crippen LogP contribution in [0.4, 0.5) is 10.2 Å². The van der Waals surface area contributed by atoms with E-state index in [1.807, 2.05) is 62.5 Å². The maximum atomic E-state index is 12.1. The van der Waals surface area contributed by atoms with Crippen molar-refractivity contribution in [2.45, 2.75) is 212 Å². The van der Waals surface area contributed by atoms with Gasteiger partial charge in [0.15, 0.2) is 0 Å². The first kappa shape index (κ1) is 96.3. The van der Waals surface area contributed by atoms with Crippen LogP contribution in [0.3, 0.4) is 0 Å². The molecule has 3 aliphatic carbocycles. The summed E-state index contributed by atoms with van der Waals surface area (Å²) in [5, 5.41) is 48.8. The highest BCUT2D eigenvalue weighted by molar-refractivity contribution is 9.10. The molecule has 8 aromatic rings. The first-order valence-corrected chi connectivity index (χ1v) is 43.3. The molecular weight excluding hydrogens is 1610 g/mol. The predicted molar refractivity (Wildman–Crippen MR) is 469 cm³/mol. The minimum atomic E-state index is -1.34. The fourth-order valence-corrected chi connectivity index (χ4v) is 14.8. The van der Waals surface area contributed by atoms with Crippen LogP contribution in [0, 0.1) is 11.9 Å². The van der Waals surface area contributed by atoms with Crippen LogP contribution in [0.2, 0.25) is 0 Å².